The molecule has 0 radical (unpaired) electrons. The van der Waals surface area contributed by atoms with Crippen LogP contribution >= 0.6 is 0 Å². The van der Waals surface area contributed by atoms with Gasteiger partial charge in [-0.1, -0.05) is 6.07 Å². The van der Waals surface area contributed by atoms with Crippen LogP contribution in [0, 0.1) is 0 Å². The average Bonchev–Trinajstić information content (AvgIpc) is 3.10. The molecule has 17 heavy (non-hydrogen) atoms. The minimum Gasteiger partial charge on any atom is -0.264 e. The summed E-state index contributed by atoms with van der Waals surface area (Å²) in [5.74, 6) is 0. The minimum atomic E-state index is -3.17. The monoisotopic (exact) mass is 254 g/mol. The van der Waals surface area contributed by atoms with E-state index in [9.17, 15) is 8.42 Å². The quantitative estimate of drug-likeness (QED) is 0.805. The van der Waals surface area contributed by atoms with Crippen molar-refractivity contribution in [2.75, 3.05) is 0 Å². The van der Waals surface area contributed by atoms with Crippen LogP contribution < -0.4 is 0 Å². The molecular formula is C12H18N2O2S. The fourth-order valence-electron chi connectivity index (χ4n) is 1.73. The predicted molar refractivity (Wildman–Crippen MR) is 66.9 cm³/mol. The molecular weight excluding hydrogens is 236 g/mol. The molecule has 1 aromatic heterocycles. The van der Waals surface area contributed by atoms with E-state index in [1.165, 1.54) is 0 Å². The van der Waals surface area contributed by atoms with Crippen molar-refractivity contribution in [1.29, 1.82) is 0 Å². The van der Waals surface area contributed by atoms with Crippen molar-refractivity contribution in [2.24, 2.45) is 0 Å². The Hall–Kier alpha value is -0.940. The van der Waals surface area contributed by atoms with Crippen molar-refractivity contribution >= 4 is 10.0 Å². The lowest BCUT2D eigenvalue weighted by atomic mass is 10.3. The van der Waals surface area contributed by atoms with Gasteiger partial charge in [0, 0.05) is 25.0 Å². The van der Waals surface area contributed by atoms with E-state index >= 15 is 0 Å². The second kappa shape index (κ2) is 4.74. The smallest absolute Gasteiger partial charge is 0.216 e. The van der Waals surface area contributed by atoms with Crippen molar-refractivity contribution in [3.63, 3.8) is 0 Å². The molecule has 0 N–H and O–H groups in total. The molecule has 0 spiro atoms. The van der Waals surface area contributed by atoms with Gasteiger partial charge in [-0.3, -0.25) is 4.98 Å². The zero-order valence-corrected chi connectivity index (χ0v) is 11.0. The zero-order chi connectivity index (χ0) is 12.5. The van der Waals surface area contributed by atoms with Gasteiger partial charge in [0.25, 0.3) is 0 Å². The third-order valence-corrected chi connectivity index (χ3v) is 5.21. The van der Waals surface area contributed by atoms with Crippen LogP contribution in [-0.2, 0) is 16.6 Å². The lowest BCUT2D eigenvalue weighted by molar-refractivity contribution is 0.393. The van der Waals surface area contributed by atoms with E-state index in [-0.39, 0.29) is 11.3 Å². The molecule has 1 aliphatic rings. The second-order valence-electron chi connectivity index (χ2n) is 4.73. The summed E-state index contributed by atoms with van der Waals surface area (Å²) in [6, 6.07) is 3.95. The van der Waals surface area contributed by atoms with E-state index in [4.69, 9.17) is 0 Å². The largest absolute Gasteiger partial charge is 0.264 e. The van der Waals surface area contributed by atoms with E-state index in [1.807, 2.05) is 12.1 Å². The molecule has 1 heterocycles. The van der Waals surface area contributed by atoms with Crippen molar-refractivity contribution in [2.45, 2.75) is 44.5 Å². The molecule has 0 aromatic carbocycles. The third-order valence-electron chi connectivity index (χ3n) is 2.94. The van der Waals surface area contributed by atoms with Gasteiger partial charge < -0.3 is 0 Å². The van der Waals surface area contributed by atoms with Gasteiger partial charge in [0.1, 0.15) is 0 Å². The Balaban J connectivity index is 2.20. The third kappa shape index (κ3) is 2.84. The minimum absolute atomic E-state index is 0.197. The highest BCUT2D eigenvalue weighted by molar-refractivity contribution is 7.89. The Morgan fingerprint density at radius 3 is 2.65 bits per heavy atom. The lowest BCUT2D eigenvalue weighted by Crippen LogP contribution is -2.37. The van der Waals surface area contributed by atoms with Gasteiger partial charge in [0.2, 0.25) is 10.0 Å². The highest BCUT2D eigenvalue weighted by Crippen LogP contribution is 2.32. The number of pyridine rings is 1. The summed E-state index contributed by atoms with van der Waals surface area (Å²) in [6.45, 7) is 3.90. The molecule has 1 saturated carbocycles. The Labute approximate surface area is 103 Å². The standard InChI is InChI=1S/C12H18N2O2S/c1-10(2)17(15,16)14(12-5-6-12)9-11-4-3-7-13-8-11/h3-4,7-8,10,12H,5-6,9H2,1-2H3. The van der Waals surface area contributed by atoms with Gasteiger partial charge in [-0.2, -0.15) is 4.31 Å². The molecule has 2 rings (SSSR count). The fourth-order valence-corrected chi connectivity index (χ4v) is 3.23. The maximum atomic E-state index is 12.2. The molecule has 1 fully saturated rings. The topological polar surface area (TPSA) is 50.3 Å². The predicted octanol–water partition coefficient (Wildman–Crippen LogP) is 1.78. The van der Waals surface area contributed by atoms with Gasteiger partial charge in [-0.25, -0.2) is 8.42 Å². The average molecular weight is 254 g/mol. The highest BCUT2D eigenvalue weighted by Gasteiger charge is 2.38. The highest BCUT2D eigenvalue weighted by atomic mass is 32.2. The summed E-state index contributed by atoms with van der Waals surface area (Å²) in [5, 5.41) is -0.361. The van der Waals surface area contributed by atoms with Crippen molar-refractivity contribution in [1.82, 2.24) is 9.29 Å². The van der Waals surface area contributed by atoms with Crippen LogP contribution in [0.25, 0.3) is 0 Å². The maximum Gasteiger partial charge on any atom is 0.216 e. The lowest BCUT2D eigenvalue weighted by Gasteiger charge is -2.24. The summed E-state index contributed by atoms with van der Waals surface area (Å²) in [6.07, 6.45) is 5.38. The fraction of sp³-hybridized carbons (Fsp3) is 0.583. The van der Waals surface area contributed by atoms with E-state index in [2.05, 4.69) is 4.98 Å². The zero-order valence-electron chi connectivity index (χ0n) is 10.2. The summed E-state index contributed by atoms with van der Waals surface area (Å²) in [5.41, 5.74) is 0.948. The van der Waals surface area contributed by atoms with E-state index in [0.29, 0.717) is 6.54 Å². The normalized spacial score (nSPS) is 16.7. The van der Waals surface area contributed by atoms with Crippen molar-refractivity contribution in [3.05, 3.63) is 30.1 Å². The SMILES string of the molecule is CC(C)S(=O)(=O)N(Cc1cccnc1)C1CC1. The summed E-state index contributed by atoms with van der Waals surface area (Å²) in [4.78, 5) is 4.02. The molecule has 0 bridgehead atoms. The van der Waals surface area contributed by atoms with Gasteiger partial charge in [0.05, 0.1) is 5.25 Å². The van der Waals surface area contributed by atoms with E-state index in [0.717, 1.165) is 18.4 Å². The Kier molecular flexibility index (Phi) is 3.49. The number of aromatic nitrogens is 1. The Morgan fingerprint density at radius 1 is 1.47 bits per heavy atom. The first-order chi connectivity index (χ1) is 8.01. The number of hydrogen-bond donors (Lipinski definition) is 0. The number of hydrogen-bond acceptors (Lipinski definition) is 3. The van der Waals surface area contributed by atoms with Gasteiger partial charge in [-0.15, -0.1) is 0 Å². The second-order valence-corrected chi connectivity index (χ2v) is 7.17. The molecule has 0 aliphatic heterocycles. The van der Waals surface area contributed by atoms with E-state index < -0.39 is 10.0 Å². The van der Waals surface area contributed by atoms with Gasteiger partial charge in [0.15, 0.2) is 0 Å². The molecule has 0 amide bonds. The van der Waals surface area contributed by atoms with Crippen molar-refractivity contribution < 1.29 is 8.42 Å². The molecule has 0 saturated heterocycles. The van der Waals surface area contributed by atoms with Crippen LogP contribution in [0.3, 0.4) is 0 Å². The first-order valence-corrected chi connectivity index (χ1v) is 7.41. The number of sulfonamides is 1. The van der Waals surface area contributed by atoms with Crippen LogP contribution in [0.1, 0.15) is 32.3 Å². The van der Waals surface area contributed by atoms with Crippen molar-refractivity contribution in [3.8, 4) is 0 Å². The van der Waals surface area contributed by atoms with Crippen LogP contribution in [0.5, 0.6) is 0 Å². The number of nitrogens with zero attached hydrogens (tertiary/aromatic N) is 2. The van der Waals surface area contributed by atoms with Crippen LogP contribution in [0.4, 0.5) is 0 Å². The molecule has 1 aliphatic carbocycles. The first-order valence-electron chi connectivity index (χ1n) is 5.91. The van der Waals surface area contributed by atoms with Gasteiger partial charge in [-0.05, 0) is 38.3 Å². The van der Waals surface area contributed by atoms with Crippen LogP contribution in [0.15, 0.2) is 24.5 Å². The van der Waals surface area contributed by atoms with Crippen LogP contribution in [0.2, 0.25) is 0 Å². The Bertz CT molecular complexity index is 467. The van der Waals surface area contributed by atoms with Crippen LogP contribution in [-0.4, -0.2) is 29.0 Å². The Morgan fingerprint density at radius 2 is 2.18 bits per heavy atom. The number of rotatable bonds is 5. The summed E-state index contributed by atoms with van der Waals surface area (Å²) >= 11 is 0. The molecule has 94 valence electrons. The summed E-state index contributed by atoms with van der Waals surface area (Å²) < 4.78 is 26.1. The van der Waals surface area contributed by atoms with E-state index in [1.54, 1.807) is 30.5 Å². The summed E-state index contributed by atoms with van der Waals surface area (Å²) in [7, 11) is -3.17. The van der Waals surface area contributed by atoms with Gasteiger partial charge >= 0.3 is 0 Å². The molecule has 1 aromatic rings. The molecule has 5 heteroatoms. The first kappa shape index (κ1) is 12.5. The molecule has 0 atom stereocenters. The molecule has 4 nitrogen and oxygen atoms in total. The maximum absolute atomic E-state index is 12.2. The molecule has 0 unspecified atom stereocenters.